The zero-order chi connectivity index (χ0) is 16.4. The molecule has 2 fully saturated rings. The van der Waals surface area contributed by atoms with Crippen LogP contribution in [0.4, 0.5) is 5.82 Å². The van der Waals surface area contributed by atoms with E-state index in [4.69, 9.17) is 4.52 Å². The van der Waals surface area contributed by atoms with E-state index in [-0.39, 0.29) is 29.5 Å². The number of fused-ring (bicyclic) bond motifs is 1. The van der Waals surface area contributed by atoms with Crippen molar-refractivity contribution in [2.75, 3.05) is 37.2 Å². The van der Waals surface area contributed by atoms with Crippen LogP contribution in [-0.4, -0.2) is 59.1 Å². The van der Waals surface area contributed by atoms with Crippen LogP contribution in [0.1, 0.15) is 12.7 Å². The molecule has 7 nitrogen and oxygen atoms in total. The SMILES string of the molecule is Cc1cc(NC(=O)C(C)SCC(=O)N2C[C@H]3CNC[C@H]3C2)no1.Cl. The lowest BCUT2D eigenvalue weighted by Crippen LogP contribution is -2.34. The van der Waals surface area contributed by atoms with Crippen LogP contribution in [0.3, 0.4) is 0 Å². The molecule has 2 aliphatic rings. The van der Waals surface area contributed by atoms with E-state index in [1.807, 2.05) is 4.90 Å². The molecule has 0 spiro atoms. The maximum Gasteiger partial charge on any atom is 0.238 e. The van der Waals surface area contributed by atoms with Gasteiger partial charge in [0.25, 0.3) is 0 Å². The molecule has 24 heavy (non-hydrogen) atoms. The van der Waals surface area contributed by atoms with Crippen LogP contribution < -0.4 is 10.6 Å². The normalized spacial score (nSPS) is 23.5. The summed E-state index contributed by atoms with van der Waals surface area (Å²) in [5.41, 5.74) is 0. The van der Waals surface area contributed by atoms with Gasteiger partial charge in [-0.3, -0.25) is 9.59 Å². The first-order valence-electron chi connectivity index (χ1n) is 7.87. The molecule has 9 heteroatoms. The van der Waals surface area contributed by atoms with Gasteiger partial charge in [0.15, 0.2) is 5.82 Å². The van der Waals surface area contributed by atoms with Gasteiger partial charge in [0.1, 0.15) is 5.76 Å². The summed E-state index contributed by atoms with van der Waals surface area (Å²) in [5.74, 6) is 2.54. The Hall–Kier alpha value is -1.25. The van der Waals surface area contributed by atoms with Gasteiger partial charge < -0.3 is 20.1 Å². The van der Waals surface area contributed by atoms with Gasteiger partial charge in [0, 0.05) is 32.2 Å². The second kappa shape index (κ2) is 8.22. The third-order valence-electron chi connectivity index (χ3n) is 4.45. The number of amides is 2. The molecule has 2 N–H and O–H groups in total. The number of carbonyl (C=O) groups is 2. The molecule has 0 saturated carbocycles. The third kappa shape index (κ3) is 4.43. The largest absolute Gasteiger partial charge is 0.360 e. The van der Waals surface area contributed by atoms with Crippen molar-refractivity contribution in [1.82, 2.24) is 15.4 Å². The number of nitrogens with one attached hydrogen (secondary N) is 2. The number of hydrogen-bond acceptors (Lipinski definition) is 6. The summed E-state index contributed by atoms with van der Waals surface area (Å²) < 4.78 is 4.91. The zero-order valence-electron chi connectivity index (χ0n) is 13.8. The summed E-state index contributed by atoms with van der Waals surface area (Å²) >= 11 is 1.36. The molecular formula is C15H23ClN4O3S. The Bertz CT molecular complexity index is 585. The van der Waals surface area contributed by atoms with Crippen molar-refractivity contribution in [3.63, 3.8) is 0 Å². The number of halogens is 1. The van der Waals surface area contributed by atoms with E-state index >= 15 is 0 Å². The van der Waals surface area contributed by atoms with E-state index in [9.17, 15) is 9.59 Å². The molecule has 2 saturated heterocycles. The van der Waals surface area contributed by atoms with Crippen molar-refractivity contribution in [3.05, 3.63) is 11.8 Å². The smallest absolute Gasteiger partial charge is 0.238 e. The number of hydrogen-bond donors (Lipinski definition) is 2. The molecule has 1 unspecified atom stereocenters. The predicted octanol–water partition coefficient (Wildman–Crippen LogP) is 1.14. The van der Waals surface area contributed by atoms with E-state index in [2.05, 4.69) is 15.8 Å². The minimum Gasteiger partial charge on any atom is -0.360 e. The lowest BCUT2D eigenvalue weighted by molar-refractivity contribution is -0.127. The van der Waals surface area contributed by atoms with E-state index < -0.39 is 0 Å². The molecule has 1 aromatic heterocycles. The molecule has 3 rings (SSSR count). The molecule has 134 valence electrons. The Kier molecular flexibility index (Phi) is 6.54. The number of aryl methyl sites for hydroxylation is 1. The van der Waals surface area contributed by atoms with Gasteiger partial charge in [-0.1, -0.05) is 5.16 Å². The molecule has 0 aromatic carbocycles. The monoisotopic (exact) mass is 374 g/mol. The van der Waals surface area contributed by atoms with Crippen molar-refractivity contribution < 1.29 is 14.1 Å². The molecule has 2 amide bonds. The van der Waals surface area contributed by atoms with Gasteiger partial charge in [0.05, 0.1) is 11.0 Å². The van der Waals surface area contributed by atoms with E-state index in [0.29, 0.717) is 29.2 Å². The number of likely N-dealkylation sites (tertiary alicyclic amines) is 1. The summed E-state index contributed by atoms with van der Waals surface area (Å²) in [4.78, 5) is 26.3. The molecule has 0 bridgehead atoms. The average molecular weight is 375 g/mol. The second-order valence-corrected chi connectivity index (χ2v) is 7.57. The van der Waals surface area contributed by atoms with Crippen LogP contribution in [0.15, 0.2) is 10.6 Å². The summed E-state index contributed by atoms with van der Waals surface area (Å²) in [5, 5.41) is 9.47. The molecule has 3 heterocycles. The maximum absolute atomic E-state index is 12.3. The highest BCUT2D eigenvalue weighted by Gasteiger charge is 2.37. The lowest BCUT2D eigenvalue weighted by Gasteiger charge is -2.18. The Labute approximate surface area is 151 Å². The van der Waals surface area contributed by atoms with Crippen LogP contribution in [0.25, 0.3) is 0 Å². The van der Waals surface area contributed by atoms with Crippen molar-refractivity contribution >= 4 is 41.8 Å². The zero-order valence-corrected chi connectivity index (χ0v) is 15.4. The first-order chi connectivity index (χ1) is 11.0. The Morgan fingerprint density at radius 1 is 1.46 bits per heavy atom. The molecule has 3 atom stereocenters. The molecule has 0 aliphatic carbocycles. The highest BCUT2D eigenvalue weighted by Crippen LogP contribution is 2.27. The van der Waals surface area contributed by atoms with Gasteiger partial charge in [-0.05, 0) is 25.7 Å². The molecular weight excluding hydrogens is 352 g/mol. The van der Waals surface area contributed by atoms with Gasteiger partial charge in [0.2, 0.25) is 11.8 Å². The number of nitrogens with zero attached hydrogens (tertiary/aromatic N) is 2. The number of aromatic nitrogens is 1. The van der Waals surface area contributed by atoms with Gasteiger partial charge in [-0.15, -0.1) is 24.2 Å². The Morgan fingerprint density at radius 2 is 2.12 bits per heavy atom. The number of anilines is 1. The Morgan fingerprint density at radius 3 is 2.71 bits per heavy atom. The molecule has 0 radical (unpaired) electrons. The highest BCUT2D eigenvalue weighted by molar-refractivity contribution is 8.01. The van der Waals surface area contributed by atoms with Gasteiger partial charge >= 0.3 is 0 Å². The number of carbonyl (C=O) groups excluding carboxylic acids is 2. The van der Waals surface area contributed by atoms with Crippen molar-refractivity contribution in [3.8, 4) is 0 Å². The molecule has 2 aliphatic heterocycles. The number of rotatable bonds is 5. The third-order valence-corrected chi connectivity index (χ3v) is 5.58. The van der Waals surface area contributed by atoms with Crippen LogP contribution in [-0.2, 0) is 9.59 Å². The summed E-state index contributed by atoms with van der Waals surface area (Å²) in [6.07, 6.45) is 0. The Balaban J connectivity index is 0.00000208. The van der Waals surface area contributed by atoms with E-state index in [1.165, 1.54) is 11.8 Å². The van der Waals surface area contributed by atoms with E-state index in [1.54, 1.807) is 19.9 Å². The predicted molar refractivity (Wildman–Crippen MR) is 95.5 cm³/mol. The van der Waals surface area contributed by atoms with Gasteiger partial charge in [-0.25, -0.2) is 0 Å². The van der Waals surface area contributed by atoms with Crippen molar-refractivity contribution in [1.29, 1.82) is 0 Å². The van der Waals surface area contributed by atoms with E-state index in [0.717, 1.165) is 26.2 Å². The fourth-order valence-corrected chi connectivity index (χ4v) is 3.86. The quantitative estimate of drug-likeness (QED) is 0.803. The van der Waals surface area contributed by atoms with Crippen molar-refractivity contribution in [2.24, 2.45) is 11.8 Å². The average Bonchev–Trinajstić information content (AvgIpc) is 3.20. The standard InChI is InChI=1S/C15H22N4O3S.ClH/c1-9-3-13(18-22-9)17-15(21)10(2)23-8-14(20)19-6-11-4-16-5-12(11)7-19;/h3,10-12,16H,4-8H2,1-2H3,(H,17,18,21);1H/t10?,11-,12+;. The van der Waals surface area contributed by atoms with Crippen molar-refractivity contribution in [2.45, 2.75) is 19.1 Å². The highest BCUT2D eigenvalue weighted by atomic mass is 35.5. The fourth-order valence-electron chi connectivity index (χ4n) is 3.08. The number of thioether (sulfide) groups is 1. The first kappa shape index (κ1) is 19.1. The van der Waals surface area contributed by atoms with Crippen LogP contribution in [0, 0.1) is 18.8 Å². The topological polar surface area (TPSA) is 87.5 Å². The summed E-state index contributed by atoms with van der Waals surface area (Å²) in [7, 11) is 0. The summed E-state index contributed by atoms with van der Waals surface area (Å²) in [6, 6.07) is 1.66. The van der Waals surface area contributed by atoms with Gasteiger partial charge in [-0.2, -0.15) is 0 Å². The molecule has 1 aromatic rings. The minimum absolute atomic E-state index is 0. The summed E-state index contributed by atoms with van der Waals surface area (Å²) in [6.45, 7) is 7.27. The van der Waals surface area contributed by atoms with Crippen LogP contribution in [0.2, 0.25) is 0 Å². The maximum atomic E-state index is 12.3. The van der Waals surface area contributed by atoms with Crippen LogP contribution >= 0.6 is 24.2 Å². The lowest BCUT2D eigenvalue weighted by atomic mass is 10.0. The van der Waals surface area contributed by atoms with Crippen LogP contribution in [0.5, 0.6) is 0 Å². The minimum atomic E-state index is -0.320. The fraction of sp³-hybridized carbons (Fsp3) is 0.667. The first-order valence-corrected chi connectivity index (χ1v) is 8.92. The second-order valence-electron chi connectivity index (χ2n) is 6.24.